The summed E-state index contributed by atoms with van der Waals surface area (Å²) >= 11 is 0. The monoisotopic (exact) mass is 496 g/mol. The minimum atomic E-state index is 0.188. The third-order valence-corrected chi connectivity index (χ3v) is 10.7. The average Bonchev–Trinajstić information content (AvgIpc) is 2.94. The second-order valence-electron chi connectivity index (χ2n) is 13.2. The van der Waals surface area contributed by atoms with Crippen molar-refractivity contribution >= 4 is 0 Å². The van der Waals surface area contributed by atoms with Crippen LogP contribution in [0.4, 0.5) is 0 Å². The van der Waals surface area contributed by atoms with E-state index in [1.165, 1.54) is 62.5 Å². The van der Waals surface area contributed by atoms with Gasteiger partial charge in [-0.05, 0) is 59.5 Å². The molecule has 1 aromatic carbocycles. The lowest BCUT2D eigenvalue weighted by Crippen LogP contribution is -2.52. The minimum absolute atomic E-state index is 0.188. The molecule has 36 heavy (non-hydrogen) atoms. The van der Waals surface area contributed by atoms with Gasteiger partial charge in [-0.25, -0.2) is 0 Å². The number of rotatable bonds is 6. The van der Waals surface area contributed by atoms with Crippen molar-refractivity contribution in [3.05, 3.63) is 35.4 Å². The number of hydrogen-bond donors (Lipinski definition) is 0. The molecule has 0 radical (unpaired) electrons. The summed E-state index contributed by atoms with van der Waals surface area (Å²) in [6, 6.07) is 11.4. The van der Waals surface area contributed by atoms with Gasteiger partial charge in [0.2, 0.25) is 0 Å². The Labute approximate surface area is 221 Å². The Morgan fingerprint density at radius 2 is 0.889 bits per heavy atom. The third kappa shape index (κ3) is 5.44. The second-order valence-corrected chi connectivity index (χ2v) is 13.2. The first-order chi connectivity index (χ1) is 17.4. The first kappa shape index (κ1) is 26.7. The third-order valence-electron chi connectivity index (χ3n) is 10.7. The maximum absolute atomic E-state index is 5.69. The van der Waals surface area contributed by atoms with Gasteiger partial charge in [0.05, 0.1) is 26.4 Å². The highest BCUT2D eigenvalue weighted by molar-refractivity contribution is 5.34. The zero-order valence-corrected chi connectivity index (χ0v) is 23.6. The van der Waals surface area contributed by atoms with Crippen molar-refractivity contribution < 1.29 is 9.47 Å². The van der Waals surface area contributed by atoms with Crippen molar-refractivity contribution in [1.29, 1.82) is 0 Å². The zero-order valence-electron chi connectivity index (χ0n) is 23.6. The van der Waals surface area contributed by atoms with E-state index < -0.39 is 0 Å². The summed E-state index contributed by atoms with van der Waals surface area (Å²) in [4.78, 5) is 5.50. The fourth-order valence-corrected chi connectivity index (χ4v) is 8.36. The number of hydrogen-bond acceptors (Lipinski definition) is 4. The van der Waals surface area contributed by atoms with Gasteiger partial charge in [-0.1, -0.05) is 77.6 Å². The van der Waals surface area contributed by atoms with Gasteiger partial charge in [0.25, 0.3) is 0 Å². The lowest BCUT2D eigenvalue weighted by atomic mass is 9.63. The molecule has 0 amide bonds. The van der Waals surface area contributed by atoms with E-state index in [0.29, 0.717) is 23.9 Å². The quantitative estimate of drug-likeness (QED) is 0.480. The standard InChI is InChI=1S/C32H52N2O2/c1-31(2,27-9-5-7-11-29(27)33-17-21-35-22-18-33)25-13-15-26(16-14-25)32(3,4)28-10-6-8-12-30(28)34-19-23-36-24-20-34/h13-16,27-30H,5-12,17-24H2,1-4H3. The van der Waals surface area contributed by atoms with Gasteiger partial charge < -0.3 is 9.47 Å². The molecule has 2 heterocycles. The Hall–Kier alpha value is -0.940. The van der Waals surface area contributed by atoms with Crippen LogP contribution in [0, 0.1) is 11.8 Å². The van der Waals surface area contributed by atoms with Gasteiger partial charge >= 0.3 is 0 Å². The summed E-state index contributed by atoms with van der Waals surface area (Å²) in [6.07, 6.45) is 10.9. The fraction of sp³-hybridized carbons (Fsp3) is 0.812. The van der Waals surface area contributed by atoms with Crippen LogP contribution in [0.1, 0.15) is 90.2 Å². The van der Waals surface area contributed by atoms with E-state index in [4.69, 9.17) is 9.47 Å². The Bertz CT molecular complexity index is 754. The first-order valence-electron chi connectivity index (χ1n) is 15.1. The maximum atomic E-state index is 5.69. The van der Waals surface area contributed by atoms with Gasteiger partial charge in [-0.15, -0.1) is 0 Å². The van der Waals surface area contributed by atoms with E-state index in [2.05, 4.69) is 61.8 Å². The lowest BCUT2D eigenvalue weighted by Gasteiger charge is -2.49. The summed E-state index contributed by atoms with van der Waals surface area (Å²) < 4.78 is 11.4. The molecule has 2 saturated carbocycles. The predicted molar refractivity (Wildman–Crippen MR) is 149 cm³/mol. The molecule has 2 aliphatic heterocycles. The van der Waals surface area contributed by atoms with E-state index in [-0.39, 0.29) is 10.8 Å². The van der Waals surface area contributed by atoms with E-state index in [0.717, 1.165) is 52.6 Å². The lowest BCUT2D eigenvalue weighted by molar-refractivity contribution is -0.0196. The van der Waals surface area contributed by atoms with Crippen LogP contribution in [0.5, 0.6) is 0 Å². The summed E-state index contributed by atoms with van der Waals surface area (Å²) in [5, 5.41) is 0. The Kier molecular flexibility index (Phi) is 8.47. The van der Waals surface area contributed by atoms with E-state index in [1.807, 2.05) is 0 Å². The fourth-order valence-electron chi connectivity index (χ4n) is 8.36. The molecule has 0 aromatic heterocycles. The first-order valence-corrected chi connectivity index (χ1v) is 15.1. The Morgan fingerprint density at radius 3 is 1.25 bits per heavy atom. The average molecular weight is 497 g/mol. The van der Waals surface area contributed by atoms with Crippen molar-refractivity contribution in [2.24, 2.45) is 11.8 Å². The summed E-state index contributed by atoms with van der Waals surface area (Å²) in [7, 11) is 0. The molecule has 4 fully saturated rings. The topological polar surface area (TPSA) is 24.9 Å². The highest BCUT2D eigenvalue weighted by Gasteiger charge is 2.43. The summed E-state index contributed by atoms with van der Waals surface area (Å²) in [5.41, 5.74) is 3.43. The molecular formula is C32H52N2O2. The SMILES string of the molecule is CC(C)(c1ccc(C(C)(C)C2CCCCC2N2CCOCC2)cc1)C1CCCCC1N1CCOCC1. The zero-order chi connectivity index (χ0) is 25.2. The highest BCUT2D eigenvalue weighted by atomic mass is 16.5. The van der Waals surface area contributed by atoms with Crippen molar-refractivity contribution in [3.8, 4) is 0 Å². The van der Waals surface area contributed by atoms with Crippen molar-refractivity contribution in [1.82, 2.24) is 9.80 Å². The van der Waals surface area contributed by atoms with Crippen LogP contribution in [0.15, 0.2) is 24.3 Å². The molecule has 0 bridgehead atoms. The van der Waals surface area contributed by atoms with Crippen LogP contribution in [0.2, 0.25) is 0 Å². The van der Waals surface area contributed by atoms with Crippen LogP contribution in [-0.2, 0) is 20.3 Å². The largest absolute Gasteiger partial charge is 0.379 e. The van der Waals surface area contributed by atoms with Crippen molar-refractivity contribution in [3.63, 3.8) is 0 Å². The van der Waals surface area contributed by atoms with Gasteiger partial charge in [0, 0.05) is 38.3 Å². The summed E-state index contributed by atoms with van der Waals surface area (Å²) in [5.74, 6) is 1.43. The number of nitrogens with zero attached hydrogens (tertiary/aromatic N) is 2. The molecule has 5 rings (SSSR count). The van der Waals surface area contributed by atoms with Gasteiger partial charge in [-0.3, -0.25) is 9.80 Å². The van der Waals surface area contributed by atoms with E-state index >= 15 is 0 Å². The van der Waals surface area contributed by atoms with Crippen LogP contribution in [-0.4, -0.2) is 74.5 Å². The normalized spacial score (nSPS) is 31.9. The number of ether oxygens (including phenoxy) is 2. The van der Waals surface area contributed by atoms with Crippen LogP contribution < -0.4 is 0 Å². The molecule has 202 valence electrons. The highest BCUT2D eigenvalue weighted by Crippen LogP contribution is 2.46. The second kappa shape index (κ2) is 11.4. The van der Waals surface area contributed by atoms with Gasteiger partial charge in [0.1, 0.15) is 0 Å². The molecule has 1 aromatic rings. The summed E-state index contributed by atoms with van der Waals surface area (Å²) in [6.45, 7) is 18.1. The van der Waals surface area contributed by atoms with Crippen molar-refractivity contribution in [2.75, 3.05) is 52.6 Å². The van der Waals surface area contributed by atoms with Crippen molar-refractivity contribution in [2.45, 2.75) is 102 Å². The van der Waals surface area contributed by atoms with E-state index in [1.54, 1.807) is 0 Å². The molecule has 4 nitrogen and oxygen atoms in total. The molecule has 4 heteroatoms. The Morgan fingerprint density at radius 1 is 0.556 bits per heavy atom. The molecule has 2 aliphatic carbocycles. The van der Waals surface area contributed by atoms with Crippen LogP contribution >= 0.6 is 0 Å². The molecule has 0 spiro atoms. The van der Waals surface area contributed by atoms with E-state index in [9.17, 15) is 0 Å². The molecular weight excluding hydrogens is 444 g/mol. The van der Waals surface area contributed by atoms with Gasteiger partial charge in [0.15, 0.2) is 0 Å². The van der Waals surface area contributed by atoms with Gasteiger partial charge in [-0.2, -0.15) is 0 Å². The smallest absolute Gasteiger partial charge is 0.0594 e. The molecule has 0 N–H and O–H groups in total. The molecule has 2 saturated heterocycles. The molecule has 4 atom stereocenters. The number of morpholine rings is 2. The predicted octanol–water partition coefficient (Wildman–Crippen LogP) is 6.02. The number of benzene rings is 1. The molecule has 4 unspecified atom stereocenters. The van der Waals surface area contributed by atoms with Crippen LogP contribution in [0.3, 0.4) is 0 Å². The minimum Gasteiger partial charge on any atom is -0.379 e. The van der Waals surface area contributed by atoms with Crippen LogP contribution in [0.25, 0.3) is 0 Å². The maximum Gasteiger partial charge on any atom is 0.0594 e. The Balaban J connectivity index is 1.34. The molecule has 4 aliphatic rings.